The first-order valence-electron chi connectivity index (χ1n) is 8.15. The molecule has 0 fully saturated rings. The Labute approximate surface area is 152 Å². The quantitative estimate of drug-likeness (QED) is 0.586. The fourth-order valence-electron chi connectivity index (χ4n) is 2.75. The van der Waals surface area contributed by atoms with Crippen molar-refractivity contribution in [2.45, 2.75) is 13.2 Å². The zero-order valence-corrected chi connectivity index (χ0v) is 14.0. The van der Waals surface area contributed by atoms with E-state index in [9.17, 15) is 13.6 Å². The van der Waals surface area contributed by atoms with Crippen molar-refractivity contribution in [2.24, 2.45) is 0 Å². The Kier molecular flexibility index (Phi) is 4.37. The molecule has 0 aliphatic carbocycles. The second-order valence-corrected chi connectivity index (χ2v) is 5.82. The van der Waals surface area contributed by atoms with Gasteiger partial charge in [-0.1, -0.05) is 12.1 Å². The summed E-state index contributed by atoms with van der Waals surface area (Å²) in [5.74, 6) is 0.674. The van der Waals surface area contributed by atoms with Gasteiger partial charge in [0.1, 0.15) is 18.1 Å². The Hall–Kier alpha value is -3.55. The highest BCUT2D eigenvalue weighted by Crippen LogP contribution is 2.21. The molecule has 6 nitrogen and oxygen atoms in total. The van der Waals surface area contributed by atoms with E-state index in [1.807, 2.05) is 24.3 Å². The number of nitrogens with zero attached hydrogens (tertiary/aromatic N) is 3. The van der Waals surface area contributed by atoms with Gasteiger partial charge in [0.05, 0.1) is 16.7 Å². The molecule has 27 heavy (non-hydrogen) atoms. The van der Waals surface area contributed by atoms with E-state index in [-0.39, 0.29) is 17.9 Å². The van der Waals surface area contributed by atoms with Crippen molar-refractivity contribution in [1.29, 1.82) is 0 Å². The van der Waals surface area contributed by atoms with Crippen LogP contribution in [0, 0.1) is 0 Å². The molecule has 136 valence electrons. The summed E-state index contributed by atoms with van der Waals surface area (Å²) in [6, 6.07) is 16.6. The number of aromatic nitrogens is 4. The SMILES string of the molecule is O=c1ccc(-c2ccc(OC(F)F)cc2)nn1Cc1nc2ccccc2[nH]1. The molecule has 0 saturated carbocycles. The lowest BCUT2D eigenvalue weighted by Crippen LogP contribution is -2.23. The van der Waals surface area contributed by atoms with Crippen LogP contribution in [-0.2, 0) is 6.54 Å². The number of H-pyrrole nitrogens is 1. The van der Waals surface area contributed by atoms with Crippen LogP contribution in [-0.4, -0.2) is 26.4 Å². The molecule has 0 atom stereocenters. The molecule has 0 saturated heterocycles. The molecule has 4 rings (SSSR count). The molecule has 2 aromatic heterocycles. The largest absolute Gasteiger partial charge is 0.435 e. The highest BCUT2D eigenvalue weighted by Gasteiger charge is 2.09. The predicted octanol–water partition coefficient (Wildman–Crippen LogP) is 3.44. The highest BCUT2D eigenvalue weighted by atomic mass is 19.3. The minimum absolute atomic E-state index is 0.0596. The number of halogens is 2. The summed E-state index contributed by atoms with van der Waals surface area (Å²) in [6.45, 7) is -2.69. The van der Waals surface area contributed by atoms with E-state index < -0.39 is 6.61 Å². The molecule has 4 aromatic rings. The third-order valence-corrected chi connectivity index (χ3v) is 3.98. The van der Waals surface area contributed by atoms with Gasteiger partial charge in [0.25, 0.3) is 5.56 Å². The molecule has 0 aliphatic heterocycles. The van der Waals surface area contributed by atoms with Crippen LogP contribution in [0.4, 0.5) is 8.78 Å². The number of fused-ring (bicyclic) bond motifs is 1. The topological polar surface area (TPSA) is 72.8 Å². The number of rotatable bonds is 5. The molecule has 2 aromatic carbocycles. The predicted molar refractivity (Wildman–Crippen MR) is 95.8 cm³/mol. The molecular weight excluding hydrogens is 354 g/mol. The van der Waals surface area contributed by atoms with Crippen LogP contribution < -0.4 is 10.3 Å². The minimum Gasteiger partial charge on any atom is -0.435 e. The second kappa shape index (κ2) is 6.99. The number of benzene rings is 2. The van der Waals surface area contributed by atoms with Gasteiger partial charge < -0.3 is 9.72 Å². The van der Waals surface area contributed by atoms with Crippen molar-refractivity contribution in [2.75, 3.05) is 0 Å². The zero-order valence-electron chi connectivity index (χ0n) is 14.0. The van der Waals surface area contributed by atoms with E-state index in [0.717, 1.165) is 11.0 Å². The minimum atomic E-state index is -2.88. The number of para-hydroxylation sites is 2. The van der Waals surface area contributed by atoms with Crippen molar-refractivity contribution in [3.63, 3.8) is 0 Å². The van der Waals surface area contributed by atoms with E-state index in [1.165, 1.54) is 22.9 Å². The van der Waals surface area contributed by atoms with Gasteiger partial charge in [-0.3, -0.25) is 4.79 Å². The summed E-state index contributed by atoms with van der Waals surface area (Å²) in [5.41, 5.74) is 2.64. The second-order valence-electron chi connectivity index (χ2n) is 5.82. The van der Waals surface area contributed by atoms with E-state index in [2.05, 4.69) is 19.8 Å². The fraction of sp³-hybridized carbons (Fsp3) is 0.105. The van der Waals surface area contributed by atoms with Crippen molar-refractivity contribution < 1.29 is 13.5 Å². The zero-order chi connectivity index (χ0) is 18.8. The Balaban J connectivity index is 1.62. The van der Waals surface area contributed by atoms with Crippen LogP contribution in [0.15, 0.2) is 65.5 Å². The summed E-state index contributed by atoms with van der Waals surface area (Å²) < 4.78 is 30.1. The number of alkyl halides is 2. The number of aromatic amines is 1. The number of imidazole rings is 1. The summed E-state index contributed by atoms with van der Waals surface area (Å²) in [5, 5.41) is 4.35. The normalized spacial score (nSPS) is 11.2. The standard InChI is InChI=1S/C19H14F2N4O2/c20-19(21)27-13-7-5-12(6-8-13)14-9-10-18(26)25(24-14)11-17-22-15-3-1-2-4-16(15)23-17/h1-10,19H,11H2,(H,22,23). The molecule has 0 spiro atoms. The highest BCUT2D eigenvalue weighted by molar-refractivity contribution is 5.74. The number of hydrogen-bond donors (Lipinski definition) is 1. The van der Waals surface area contributed by atoms with Crippen LogP contribution in [0.1, 0.15) is 5.82 Å². The molecule has 8 heteroatoms. The smallest absolute Gasteiger partial charge is 0.387 e. The molecule has 0 bridgehead atoms. The lowest BCUT2D eigenvalue weighted by molar-refractivity contribution is -0.0498. The molecular formula is C19H14F2N4O2. The summed E-state index contributed by atoms with van der Waals surface area (Å²) in [6.07, 6.45) is 0. The molecule has 0 aliphatic rings. The molecule has 0 amide bonds. The summed E-state index contributed by atoms with van der Waals surface area (Å²) in [7, 11) is 0. The maximum absolute atomic E-state index is 12.2. The monoisotopic (exact) mass is 368 g/mol. The third-order valence-electron chi connectivity index (χ3n) is 3.98. The first-order valence-corrected chi connectivity index (χ1v) is 8.15. The number of nitrogens with one attached hydrogen (secondary N) is 1. The maximum atomic E-state index is 12.2. The Morgan fingerprint density at radius 1 is 1.04 bits per heavy atom. The van der Waals surface area contributed by atoms with Crippen LogP contribution in [0.2, 0.25) is 0 Å². The Bertz CT molecular complexity index is 1100. The van der Waals surface area contributed by atoms with Crippen molar-refractivity contribution >= 4 is 11.0 Å². The van der Waals surface area contributed by atoms with Gasteiger partial charge in [-0.25, -0.2) is 9.67 Å². The van der Waals surface area contributed by atoms with Crippen molar-refractivity contribution in [1.82, 2.24) is 19.7 Å². The van der Waals surface area contributed by atoms with E-state index in [4.69, 9.17) is 0 Å². The first kappa shape index (κ1) is 16.9. The van der Waals surface area contributed by atoms with Gasteiger partial charge >= 0.3 is 6.61 Å². The van der Waals surface area contributed by atoms with Gasteiger partial charge in [0, 0.05) is 11.6 Å². The van der Waals surface area contributed by atoms with Crippen LogP contribution in [0.25, 0.3) is 22.3 Å². The fourth-order valence-corrected chi connectivity index (χ4v) is 2.75. The van der Waals surface area contributed by atoms with Gasteiger partial charge in [-0.15, -0.1) is 0 Å². The van der Waals surface area contributed by atoms with E-state index >= 15 is 0 Å². The third kappa shape index (κ3) is 3.69. The average molecular weight is 368 g/mol. The Morgan fingerprint density at radius 3 is 2.56 bits per heavy atom. The Morgan fingerprint density at radius 2 is 1.81 bits per heavy atom. The van der Waals surface area contributed by atoms with Gasteiger partial charge in [0.2, 0.25) is 0 Å². The summed E-state index contributed by atoms with van der Waals surface area (Å²) in [4.78, 5) is 19.8. The van der Waals surface area contributed by atoms with Gasteiger partial charge in [0.15, 0.2) is 0 Å². The van der Waals surface area contributed by atoms with Gasteiger partial charge in [-0.05, 0) is 42.5 Å². The van der Waals surface area contributed by atoms with Crippen LogP contribution in [0.5, 0.6) is 5.75 Å². The average Bonchev–Trinajstić information content (AvgIpc) is 3.06. The number of hydrogen-bond acceptors (Lipinski definition) is 4. The van der Waals surface area contributed by atoms with Crippen LogP contribution >= 0.6 is 0 Å². The summed E-state index contributed by atoms with van der Waals surface area (Å²) >= 11 is 0. The molecule has 1 N–H and O–H groups in total. The molecule has 2 heterocycles. The maximum Gasteiger partial charge on any atom is 0.387 e. The molecule has 0 unspecified atom stereocenters. The van der Waals surface area contributed by atoms with Crippen molar-refractivity contribution in [3.8, 4) is 17.0 Å². The first-order chi connectivity index (χ1) is 13.1. The lowest BCUT2D eigenvalue weighted by Gasteiger charge is -2.07. The molecule has 0 radical (unpaired) electrons. The van der Waals surface area contributed by atoms with E-state index in [0.29, 0.717) is 17.1 Å². The lowest BCUT2D eigenvalue weighted by atomic mass is 10.1. The number of ether oxygens (including phenoxy) is 1. The van der Waals surface area contributed by atoms with Crippen LogP contribution in [0.3, 0.4) is 0 Å². The van der Waals surface area contributed by atoms with E-state index in [1.54, 1.807) is 18.2 Å². The van der Waals surface area contributed by atoms with Gasteiger partial charge in [-0.2, -0.15) is 13.9 Å². The van der Waals surface area contributed by atoms with Crippen molar-refractivity contribution in [3.05, 3.63) is 76.8 Å².